The molecular weight excluding hydrogens is 392 g/mol. The largest absolute Gasteiger partial charge is 0.457 e. The van der Waals surface area contributed by atoms with Gasteiger partial charge in [-0.3, -0.25) is 19.7 Å². The molecule has 1 aromatic carbocycles. The number of ketones is 1. The summed E-state index contributed by atoms with van der Waals surface area (Å²) < 4.78 is 8.18. The van der Waals surface area contributed by atoms with Crippen LogP contribution in [0.4, 0.5) is 5.69 Å². The van der Waals surface area contributed by atoms with Gasteiger partial charge in [0.05, 0.1) is 9.46 Å². The van der Waals surface area contributed by atoms with Crippen molar-refractivity contribution in [2.45, 2.75) is 20.8 Å². The average Bonchev–Trinajstić information content (AvgIpc) is 3.22. The number of non-ortho nitro benzene ring substituents is 1. The number of carbonyl (C=O) groups is 1. The maximum absolute atomic E-state index is 12.5. The lowest BCUT2D eigenvalue weighted by molar-refractivity contribution is -0.384. The molecule has 0 unspecified atom stereocenters. The average molecular weight is 412 g/mol. The van der Waals surface area contributed by atoms with Crippen molar-refractivity contribution in [3.8, 4) is 11.3 Å². The molecule has 150 valence electrons. The van der Waals surface area contributed by atoms with Gasteiger partial charge in [0, 0.05) is 42.3 Å². The first-order valence-electron chi connectivity index (χ1n) is 8.84. The summed E-state index contributed by atoms with van der Waals surface area (Å²) in [5.74, 6) is 0.842. The number of hydrogen-bond donors (Lipinski definition) is 0. The number of thiazole rings is 1. The molecule has 7 nitrogen and oxygen atoms in total. The molecule has 2 aromatic heterocycles. The van der Waals surface area contributed by atoms with E-state index in [1.807, 2.05) is 20.8 Å². The van der Waals surface area contributed by atoms with Gasteiger partial charge in [-0.15, -0.1) is 11.3 Å². The zero-order valence-electron chi connectivity index (χ0n) is 16.5. The van der Waals surface area contributed by atoms with Gasteiger partial charge in [0.25, 0.3) is 11.2 Å². The van der Waals surface area contributed by atoms with Crippen LogP contribution in [-0.4, -0.2) is 15.3 Å². The minimum Gasteiger partial charge on any atom is -0.457 e. The molecule has 0 bridgehead atoms. The summed E-state index contributed by atoms with van der Waals surface area (Å²) in [6.45, 7) is 5.47. The Morgan fingerprint density at radius 2 is 1.97 bits per heavy atom. The fraction of sp³-hybridized carbons (Fsp3) is 0.238. The van der Waals surface area contributed by atoms with Crippen molar-refractivity contribution in [3.63, 3.8) is 0 Å². The van der Waals surface area contributed by atoms with E-state index < -0.39 is 10.3 Å². The van der Waals surface area contributed by atoms with Crippen molar-refractivity contribution < 1.29 is 14.1 Å². The minimum absolute atomic E-state index is 0.0275. The molecule has 0 radical (unpaired) electrons. The molecule has 0 spiro atoms. The first-order valence-corrected chi connectivity index (χ1v) is 9.66. The molecule has 2 heterocycles. The number of nitro groups is 1. The SMILES string of the molecule is Cn1c(=O)/c(=C\c2ccc(-c3cccc([N+](=O)[O-])c3)o2)s/c1=C\C(=O)C(C)(C)C. The predicted octanol–water partition coefficient (Wildman–Crippen LogP) is 2.84. The van der Waals surface area contributed by atoms with Gasteiger partial charge in [-0.2, -0.15) is 0 Å². The van der Waals surface area contributed by atoms with Crippen LogP contribution in [0.25, 0.3) is 23.5 Å². The third kappa shape index (κ3) is 4.43. The van der Waals surface area contributed by atoms with Crippen molar-refractivity contribution in [1.82, 2.24) is 4.57 Å². The lowest BCUT2D eigenvalue weighted by Crippen LogP contribution is -2.29. The van der Waals surface area contributed by atoms with Crippen LogP contribution in [0.1, 0.15) is 26.5 Å². The maximum Gasteiger partial charge on any atom is 0.270 e. The Kier molecular flexibility index (Phi) is 5.39. The normalized spacial score (nSPS) is 13.1. The van der Waals surface area contributed by atoms with Crippen molar-refractivity contribution in [1.29, 1.82) is 0 Å². The van der Waals surface area contributed by atoms with Gasteiger partial charge in [-0.05, 0) is 12.1 Å². The first-order chi connectivity index (χ1) is 13.6. The van der Waals surface area contributed by atoms with E-state index >= 15 is 0 Å². The Balaban J connectivity index is 2.01. The summed E-state index contributed by atoms with van der Waals surface area (Å²) in [7, 11) is 1.62. The molecule has 0 fully saturated rings. The summed E-state index contributed by atoms with van der Waals surface area (Å²) in [4.78, 5) is 35.3. The predicted molar refractivity (Wildman–Crippen MR) is 112 cm³/mol. The zero-order valence-corrected chi connectivity index (χ0v) is 17.3. The highest BCUT2D eigenvalue weighted by Gasteiger charge is 2.19. The van der Waals surface area contributed by atoms with E-state index in [0.29, 0.717) is 26.3 Å². The highest BCUT2D eigenvalue weighted by atomic mass is 32.1. The number of aromatic nitrogens is 1. The molecule has 3 rings (SSSR count). The Morgan fingerprint density at radius 3 is 2.62 bits per heavy atom. The lowest BCUT2D eigenvalue weighted by atomic mass is 9.91. The van der Waals surface area contributed by atoms with Crippen LogP contribution in [0.15, 0.2) is 45.6 Å². The number of carbonyl (C=O) groups excluding carboxylic acids is 1. The highest BCUT2D eigenvalue weighted by molar-refractivity contribution is 7.07. The number of rotatable bonds is 4. The Bertz CT molecular complexity index is 1270. The molecule has 0 aliphatic heterocycles. The van der Waals surface area contributed by atoms with Crippen molar-refractivity contribution in [2.24, 2.45) is 12.5 Å². The molecular formula is C21H20N2O5S. The summed E-state index contributed by atoms with van der Waals surface area (Å²) in [6.07, 6.45) is 3.09. The molecule has 0 aliphatic rings. The number of hydrogen-bond acceptors (Lipinski definition) is 6. The number of furan rings is 1. The fourth-order valence-electron chi connectivity index (χ4n) is 2.52. The summed E-state index contributed by atoms with van der Waals surface area (Å²) in [5, 5.41) is 10.9. The third-order valence-electron chi connectivity index (χ3n) is 4.30. The standard InChI is InChI=1S/C21H20N2O5S/c1-21(2,3)18(24)12-19-22(4)20(25)17(29-19)11-15-8-9-16(28-15)13-6-5-7-14(10-13)23(26)27/h5-12H,1-4H3/b17-11+,19-12-. The maximum atomic E-state index is 12.5. The van der Waals surface area contributed by atoms with Gasteiger partial charge in [0.1, 0.15) is 16.2 Å². The van der Waals surface area contributed by atoms with Gasteiger partial charge >= 0.3 is 0 Å². The van der Waals surface area contributed by atoms with Crippen molar-refractivity contribution >= 4 is 35.0 Å². The summed E-state index contributed by atoms with van der Waals surface area (Å²) in [6, 6.07) is 9.52. The van der Waals surface area contributed by atoms with Crippen LogP contribution in [0.3, 0.4) is 0 Å². The van der Waals surface area contributed by atoms with E-state index in [2.05, 4.69) is 0 Å². The second-order valence-electron chi connectivity index (χ2n) is 7.58. The quantitative estimate of drug-likeness (QED) is 0.485. The molecule has 0 aliphatic carbocycles. The molecule has 0 saturated heterocycles. The van der Waals surface area contributed by atoms with Gasteiger partial charge in [-0.1, -0.05) is 32.9 Å². The number of nitro benzene ring substituents is 1. The third-order valence-corrected chi connectivity index (χ3v) is 5.41. The van der Waals surface area contributed by atoms with E-state index in [1.165, 1.54) is 34.1 Å². The van der Waals surface area contributed by atoms with E-state index in [9.17, 15) is 19.7 Å². The van der Waals surface area contributed by atoms with Crippen LogP contribution >= 0.6 is 11.3 Å². The highest BCUT2D eigenvalue weighted by Crippen LogP contribution is 2.25. The van der Waals surface area contributed by atoms with E-state index in [-0.39, 0.29) is 17.0 Å². The van der Waals surface area contributed by atoms with E-state index in [4.69, 9.17) is 4.42 Å². The molecule has 0 saturated carbocycles. The van der Waals surface area contributed by atoms with Gasteiger partial charge in [0.15, 0.2) is 5.78 Å². The van der Waals surface area contributed by atoms with Crippen LogP contribution in [0.5, 0.6) is 0 Å². The topological polar surface area (TPSA) is 95.3 Å². The van der Waals surface area contributed by atoms with Gasteiger partial charge < -0.3 is 8.98 Å². The Morgan fingerprint density at radius 1 is 1.24 bits per heavy atom. The smallest absolute Gasteiger partial charge is 0.270 e. The molecule has 0 amide bonds. The first kappa shape index (κ1) is 20.5. The van der Waals surface area contributed by atoms with Crippen LogP contribution in [-0.2, 0) is 11.8 Å². The van der Waals surface area contributed by atoms with Gasteiger partial charge in [-0.25, -0.2) is 0 Å². The molecule has 0 atom stereocenters. The number of nitrogens with zero attached hydrogens (tertiary/aromatic N) is 2. The van der Waals surface area contributed by atoms with E-state index in [1.54, 1.807) is 37.4 Å². The van der Waals surface area contributed by atoms with Crippen molar-refractivity contribution in [2.75, 3.05) is 0 Å². The number of Topliss-reactive ketones (excluding diaryl/α,β-unsaturated/α-hetero) is 1. The zero-order chi connectivity index (χ0) is 21.3. The summed E-state index contributed by atoms with van der Waals surface area (Å²) in [5.41, 5.74) is -0.211. The number of benzene rings is 1. The monoisotopic (exact) mass is 412 g/mol. The Hall–Kier alpha value is -3.26. The van der Waals surface area contributed by atoms with Crippen molar-refractivity contribution in [3.05, 3.63) is 71.8 Å². The van der Waals surface area contributed by atoms with E-state index in [0.717, 1.165) is 0 Å². The lowest BCUT2D eigenvalue weighted by Gasteiger charge is -2.12. The van der Waals surface area contributed by atoms with Crippen LogP contribution in [0, 0.1) is 15.5 Å². The van der Waals surface area contributed by atoms with Crippen LogP contribution < -0.4 is 14.8 Å². The second kappa shape index (κ2) is 7.63. The second-order valence-corrected chi connectivity index (χ2v) is 8.64. The fourth-order valence-corrected chi connectivity index (χ4v) is 3.53. The minimum atomic E-state index is -0.530. The molecule has 0 N–H and O–H groups in total. The summed E-state index contributed by atoms with van der Waals surface area (Å²) >= 11 is 1.21. The molecule has 29 heavy (non-hydrogen) atoms. The van der Waals surface area contributed by atoms with Crippen LogP contribution in [0.2, 0.25) is 0 Å². The molecule has 8 heteroatoms. The Labute approximate surface area is 170 Å². The van der Waals surface area contributed by atoms with Gasteiger partial charge in [0.2, 0.25) is 0 Å². The molecule has 3 aromatic rings.